The lowest BCUT2D eigenvalue weighted by atomic mass is 10.0. The minimum absolute atomic E-state index is 0.170. The fourth-order valence-electron chi connectivity index (χ4n) is 6.88. The highest BCUT2D eigenvalue weighted by Gasteiger charge is 2.54. The van der Waals surface area contributed by atoms with Crippen molar-refractivity contribution in [3.8, 4) is 0 Å². The maximum absolute atomic E-state index is 11.9. The highest BCUT2D eigenvalue weighted by atomic mass is 32.2. The van der Waals surface area contributed by atoms with Crippen molar-refractivity contribution in [1.82, 2.24) is 0 Å². The summed E-state index contributed by atoms with van der Waals surface area (Å²) < 4.78 is 20.0. The first-order valence-corrected chi connectivity index (χ1v) is 18.6. The van der Waals surface area contributed by atoms with E-state index in [4.69, 9.17) is 13.6 Å². The number of rotatable bonds is 12. The summed E-state index contributed by atoms with van der Waals surface area (Å²) in [6.07, 6.45) is -3.60. The number of carbonyl (C=O) groups is 1. The van der Waals surface area contributed by atoms with Crippen LogP contribution in [0.3, 0.4) is 0 Å². The third-order valence-electron chi connectivity index (χ3n) is 8.19. The minimum Gasteiger partial charge on any atom is -0.413 e. The van der Waals surface area contributed by atoms with Crippen LogP contribution >= 0.6 is 11.8 Å². The van der Waals surface area contributed by atoms with Gasteiger partial charge in [-0.25, -0.2) is 0 Å². The van der Waals surface area contributed by atoms with Gasteiger partial charge >= 0.3 is 0 Å². The molecule has 1 saturated heterocycles. The highest BCUT2D eigenvalue weighted by molar-refractivity contribution is 8.14. The van der Waals surface area contributed by atoms with Crippen LogP contribution in [0.2, 0.25) is 33.2 Å². The predicted octanol–water partition coefficient (Wildman–Crippen LogP) is 6.47. The lowest BCUT2D eigenvalue weighted by Gasteiger charge is -2.51. The van der Waals surface area contributed by atoms with Crippen LogP contribution in [0.15, 0.2) is 0 Å². The molecule has 5 atom stereocenters. The predicted molar refractivity (Wildman–Crippen MR) is 152 cm³/mol. The number of ether oxygens (including phenoxy) is 1. The van der Waals surface area contributed by atoms with Gasteiger partial charge in [-0.15, -0.1) is 0 Å². The number of thioether (sulfide) groups is 1. The summed E-state index contributed by atoms with van der Waals surface area (Å²) in [6.45, 7) is 28.4. The molecule has 1 fully saturated rings. The number of hydrogen-bond donors (Lipinski definition) is 2. The first-order valence-electron chi connectivity index (χ1n) is 13.5. The van der Waals surface area contributed by atoms with Gasteiger partial charge in [-0.1, -0.05) is 94.8 Å². The van der Waals surface area contributed by atoms with Crippen LogP contribution in [0, 0.1) is 0 Å². The molecule has 0 aromatic carbocycles. The molecule has 0 spiro atoms. The molecular formula is C26H54O6SSi2. The molecule has 208 valence electrons. The molecule has 0 amide bonds. The van der Waals surface area contributed by atoms with Gasteiger partial charge in [-0.05, 0) is 33.2 Å². The molecule has 0 bridgehead atoms. The molecule has 1 unspecified atom stereocenters. The monoisotopic (exact) mass is 550 g/mol. The van der Waals surface area contributed by atoms with Crippen molar-refractivity contribution in [3.63, 3.8) is 0 Å². The van der Waals surface area contributed by atoms with Gasteiger partial charge in [-0.2, -0.15) is 0 Å². The summed E-state index contributed by atoms with van der Waals surface area (Å²) in [7, 11) is -4.59. The van der Waals surface area contributed by atoms with Crippen molar-refractivity contribution in [2.24, 2.45) is 0 Å². The van der Waals surface area contributed by atoms with Crippen LogP contribution in [-0.4, -0.2) is 68.4 Å². The zero-order valence-corrected chi connectivity index (χ0v) is 27.3. The summed E-state index contributed by atoms with van der Waals surface area (Å²) in [4.78, 5) is 11.9. The second kappa shape index (κ2) is 13.4. The SMILES string of the molecule is CC(=O)S[C@H]1C(O)O[C@@H](CO[Si](C(C)C)(C(C)C)C(C)C)[C@H](O[Si](C(C)C)(C(C)C)C(C)C)[C@H]1O. The van der Waals surface area contributed by atoms with E-state index in [-0.39, 0.29) is 11.7 Å². The van der Waals surface area contributed by atoms with Crippen LogP contribution < -0.4 is 0 Å². The number of hydrogen-bond acceptors (Lipinski definition) is 7. The lowest BCUT2D eigenvalue weighted by Crippen LogP contribution is -2.64. The molecule has 0 aliphatic carbocycles. The van der Waals surface area contributed by atoms with Crippen molar-refractivity contribution in [3.05, 3.63) is 0 Å². The topological polar surface area (TPSA) is 85.2 Å². The molecule has 1 aliphatic rings. The molecule has 2 N–H and O–H groups in total. The second-order valence-corrected chi connectivity index (χ2v) is 24.4. The minimum atomic E-state index is -2.39. The van der Waals surface area contributed by atoms with Gasteiger partial charge < -0.3 is 23.8 Å². The van der Waals surface area contributed by atoms with E-state index in [2.05, 4.69) is 83.1 Å². The van der Waals surface area contributed by atoms with Gasteiger partial charge in [-0.3, -0.25) is 4.79 Å². The Labute approximate surface area is 221 Å². The Morgan fingerprint density at radius 2 is 1.20 bits per heavy atom. The van der Waals surface area contributed by atoms with Crippen molar-refractivity contribution >= 4 is 33.5 Å². The first-order chi connectivity index (χ1) is 16.0. The number of carbonyl (C=O) groups excluding carboxylic acids is 1. The van der Waals surface area contributed by atoms with Gasteiger partial charge in [0.05, 0.1) is 18.0 Å². The number of aliphatic hydroxyl groups excluding tert-OH is 2. The quantitative estimate of drug-likeness (QED) is 0.270. The maximum Gasteiger partial charge on any atom is 0.201 e. The Kier molecular flexibility index (Phi) is 12.7. The molecule has 1 rings (SSSR count). The van der Waals surface area contributed by atoms with Crippen LogP contribution in [0.25, 0.3) is 0 Å². The molecule has 6 nitrogen and oxygen atoms in total. The van der Waals surface area contributed by atoms with E-state index < -0.39 is 46.5 Å². The van der Waals surface area contributed by atoms with Crippen molar-refractivity contribution in [2.45, 2.75) is 153 Å². The third-order valence-corrected chi connectivity index (χ3v) is 21.5. The van der Waals surface area contributed by atoms with E-state index in [1.165, 1.54) is 6.92 Å². The number of aliphatic hydroxyl groups is 2. The molecule has 9 heteroatoms. The maximum atomic E-state index is 11.9. The standard InChI is InChI=1S/C26H54O6SSi2/c1-15(2)34(16(3)4,17(5)6)30-14-22-24(23(28)25(26(29)31-22)33-21(13)27)32-35(18(7)8,19(9)10)20(11)12/h15-20,22-26,28-29H,14H2,1-13H3/t22-,23+,24-,25+,26?/m0/s1. The Morgan fingerprint density at radius 1 is 0.800 bits per heavy atom. The molecular weight excluding hydrogens is 497 g/mol. The third kappa shape index (κ3) is 7.02. The largest absolute Gasteiger partial charge is 0.413 e. The van der Waals surface area contributed by atoms with E-state index in [1.54, 1.807) is 0 Å². The summed E-state index contributed by atoms with van der Waals surface area (Å²) in [5, 5.41) is 21.4. The van der Waals surface area contributed by atoms with Gasteiger partial charge in [0.2, 0.25) is 8.32 Å². The van der Waals surface area contributed by atoms with Gasteiger partial charge in [0, 0.05) is 6.92 Å². The van der Waals surface area contributed by atoms with Crippen LogP contribution in [0.5, 0.6) is 0 Å². The molecule has 1 heterocycles. The van der Waals surface area contributed by atoms with Gasteiger partial charge in [0.1, 0.15) is 12.2 Å². The zero-order chi connectivity index (χ0) is 27.5. The summed E-state index contributed by atoms with van der Waals surface area (Å²) in [5.41, 5.74) is 2.15. The molecule has 0 aromatic heterocycles. The second-order valence-electron chi connectivity index (χ2n) is 12.2. The Hall–Kier alpha value is 0.254. The van der Waals surface area contributed by atoms with Gasteiger partial charge in [0.25, 0.3) is 0 Å². The van der Waals surface area contributed by atoms with E-state index >= 15 is 0 Å². The van der Waals surface area contributed by atoms with E-state index in [9.17, 15) is 15.0 Å². The van der Waals surface area contributed by atoms with Crippen LogP contribution in [-0.2, 0) is 18.4 Å². The summed E-state index contributed by atoms with van der Waals surface area (Å²) >= 11 is 0.926. The Balaban J connectivity index is 3.48. The Morgan fingerprint density at radius 3 is 1.54 bits per heavy atom. The van der Waals surface area contributed by atoms with Crippen molar-refractivity contribution in [2.75, 3.05) is 6.61 Å². The zero-order valence-electron chi connectivity index (χ0n) is 24.5. The van der Waals surface area contributed by atoms with E-state index in [0.717, 1.165) is 11.8 Å². The summed E-state index contributed by atoms with van der Waals surface area (Å²) in [5.74, 6) is 0. The molecule has 35 heavy (non-hydrogen) atoms. The molecule has 0 aromatic rings. The van der Waals surface area contributed by atoms with Crippen LogP contribution in [0.1, 0.15) is 90.0 Å². The van der Waals surface area contributed by atoms with E-state index in [1.807, 2.05) is 0 Å². The molecule has 0 saturated carbocycles. The average Bonchev–Trinajstić information content (AvgIpc) is 2.69. The summed E-state index contributed by atoms with van der Waals surface area (Å²) in [6, 6.07) is 0. The molecule has 1 aliphatic heterocycles. The molecule has 0 radical (unpaired) electrons. The lowest BCUT2D eigenvalue weighted by molar-refractivity contribution is -0.230. The highest BCUT2D eigenvalue weighted by Crippen LogP contribution is 2.46. The normalized spacial score (nSPS) is 26.7. The van der Waals surface area contributed by atoms with Crippen molar-refractivity contribution in [1.29, 1.82) is 0 Å². The van der Waals surface area contributed by atoms with Crippen molar-refractivity contribution < 1.29 is 28.6 Å². The smallest absolute Gasteiger partial charge is 0.201 e. The van der Waals surface area contributed by atoms with Crippen LogP contribution in [0.4, 0.5) is 0 Å². The van der Waals surface area contributed by atoms with E-state index in [0.29, 0.717) is 33.2 Å². The first kappa shape index (κ1) is 33.3. The fraction of sp³-hybridized carbons (Fsp3) is 0.962. The Bertz CT molecular complexity index is 627. The average molecular weight is 551 g/mol. The van der Waals surface area contributed by atoms with Gasteiger partial charge in [0.15, 0.2) is 19.7 Å². The fourth-order valence-corrected chi connectivity index (χ4v) is 18.8.